The highest BCUT2D eigenvalue weighted by Crippen LogP contribution is 2.25. The number of anilines is 1. The van der Waals surface area contributed by atoms with E-state index in [-0.39, 0.29) is 0 Å². The van der Waals surface area contributed by atoms with Gasteiger partial charge in [0.1, 0.15) is 0 Å². The molecule has 0 unspecified atom stereocenters. The van der Waals surface area contributed by atoms with Gasteiger partial charge in [0.25, 0.3) is 0 Å². The summed E-state index contributed by atoms with van der Waals surface area (Å²) in [4.78, 5) is 19.7. The van der Waals surface area contributed by atoms with Gasteiger partial charge in [-0.15, -0.1) is 0 Å². The van der Waals surface area contributed by atoms with Crippen molar-refractivity contribution in [2.24, 2.45) is 0 Å². The van der Waals surface area contributed by atoms with Crippen LogP contribution in [0.25, 0.3) is 0 Å². The fourth-order valence-electron chi connectivity index (χ4n) is 0.876. The van der Waals surface area contributed by atoms with Crippen LogP contribution in [0.2, 0.25) is 0 Å². The molecule has 0 amide bonds. The molecule has 0 aliphatic carbocycles. The van der Waals surface area contributed by atoms with Crippen LogP contribution in [0.15, 0.2) is 24.3 Å². The average Bonchev–Trinajstić information content (AvgIpc) is 2.16. The average molecular weight is 199 g/mol. The molecule has 0 fully saturated rings. The van der Waals surface area contributed by atoms with Crippen LogP contribution in [0.3, 0.4) is 0 Å². The van der Waals surface area contributed by atoms with Crippen molar-refractivity contribution in [1.82, 2.24) is 0 Å². The largest absolute Gasteiger partial charge is 0.301 e. The van der Waals surface area contributed by atoms with E-state index in [0.717, 1.165) is 12.1 Å². The van der Waals surface area contributed by atoms with E-state index >= 15 is 0 Å². The predicted molar refractivity (Wildman–Crippen MR) is 44.4 cm³/mol. The summed E-state index contributed by atoms with van der Waals surface area (Å²) in [7, 11) is 0. The maximum atomic E-state index is 10.4. The van der Waals surface area contributed by atoms with Gasteiger partial charge in [-0.2, -0.15) is 0 Å². The fourth-order valence-corrected chi connectivity index (χ4v) is 0.876. The number of benzene rings is 1. The van der Waals surface area contributed by atoms with Crippen molar-refractivity contribution < 1.29 is 15.2 Å². The van der Waals surface area contributed by atoms with Crippen LogP contribution in [0.1, 0.15) is 0 Å². The smallest absolute Gasteiger partial charge is 0.258 e. The van der Waals surface area contributed by atoms with Crippen LogP contribution in [0.4, 0.5) is 11.4 Å². The van der Waals surface area contributed by atoms with Crippen LogP contribution >= 0.6 is 0 Å². The van der Waals surface area contributed by atoms with Gasteiger partial charge in [-0.05, 0) is 6.07 Å². The van der Waals surface area contributed by atoms with Gasteiger partial charge >= 0.3 is 5.69 Å². The quantitative estimate of drug-likeness (QED) is 0.573. The monoisotopic (exact) mass is 199 g/mol. The molecule has 0 spiro atoms. The molecule has 14 heavy (non-hydrogen) atoms. The second kappa shape index (κ2) is 3.66. The van der Waals surface area contributed by atoms with Crippen molar-refractivity contribution in [3.05, 3.63) is 44.5 Å². The molecule has 0 aliphatic heterocycles. The Morgan fingerprint density at radius 2 is 1.79 bits per heavy atom. The standard InChI is InChI=1S/C6H5N3O5/c10-7(9(13)14)5-3-1-2-4-6(5)8(11)12/h1-4,10H. The van der Waals surface area contributed by atoms with Gasteiger partial charge in [-0.25, -0.2) is 15.3 Å². The lowest BCUT2D eigenvalue weighted by Gasteiger charge is -2.04. The Kier molecular flexibility index (Phi) is 2.58. The number of nitro benzene ring substituents is 1. The number of rotatable bonds is 3. The first-order chi connectivity index (χ1) is 6.54. The molecule has 0 saturated carbocycles. The zero-order valence-corrected chi connectivity index (χ0v) is 6.73. The zero-order chi connectivity index (χ0) is 10.7. The van der Waals surface area contributed by atoms with Gasteiger partial charge in [0.05, 0.1) is 4.92 Å². The van der Waals surface area contributed by atoms with Gasteiger partial charge < -0.3 is 0 Å². The van der Waals surface area contributed by atoms with Crippen LogP contribution in [-0.2, 0) is 0 Å². The van der Waals surface area contributed by atoms with Crippen LogP contribution in [-0.4, -0.2) is 15.2 Å². The number of hydrogen-bond acceptors (Lipinski definition) is 5. The third kappa shape index (κ3) is 1.75. The van der Waals surface area contributed by atoms with Gasteiger partial charge in [-0.1, -0.05) is 12.1 Å². The highest BCUT2D eigenvalue weighted by Gasteiger charge is 2.24. The summed E-state index contributed by atoms with van der Waals surface area (Å²) in [5.41, 5.74) is -1.02. The molecular weight excluding hydrogens is 194 g/mol. The summed E-state index contributed by atoms with van der Waals surface area (Å²) in [5.74, 6) is 0. The Hall–Kier alpha value is -2.22. The Balaban J connectivity index is 3.19. The summed E-state index contributed by atoms with van der Waals surface area (Å²) < 4.78 is 0. The van der Waals surface area contributed by atoms with E-state index in [1.54, 1.807) is 0 Å². The molecule has 0 radical (unpaired) electrons. The Bertz CT molecular complexity index is 379. The topological polar surface area (TPSA) is 110 Å². The van der Waals surface area contributed by atoms with Gasteiger partial charge in [0.15, 0.2) is 5.03 Å². The molecule has 8 heteroatoms. The van der Waals surface area contributed by atoms with Crippen LogP contribution in [0, 0.1) is 20.2 Å². The second-order valence-electron chi connectivity index (χ2n) is 2.27. The minimum absolute atomic E-state index is 0.391. The summed E-state index contributed by atoms with van der Waals surface area (Å²) >= 11 is 0. The summed E-state index contributed by atoms with van der Waals surface area (Å²) in [6.45, 7) is 0. The molecular formula is C6H5N3O5. The lowest BCUT2D eigenvalue weighted by atomic mass is 10.3. The molecule has 1 aromatic carbocycles. The van der Waals surface area contributed by atoms with E-state index in [4.69, 9.17) is 5.21 Å². The Morgan fingerprint density at radius 3 is 2.29 bits per heavy atom. The Labute approximate surface area is 77.2 Å². The molecule has 0 heterocycles. The minimum Gasteiger partial charge on any atom is -0.258 e. The molecule has 0 aliphatic rings. The lowest BCUT2D eigenvalue weighted by Crippen LogP contribution is -2.25. The molecule has 0 bridgehead atoms. The number of hydrazine groups is 1. The van der Waals surface area contributed by atoms with Crippen molar-refractivity contribution >= 4 is 11.4 Å². The molecule has 74 valence electrons. The zero-order valence-electron chi connectivity index (χ0n) is 6.73. The molecule has 0 saturated heterocycles. The van der Waals surface area contributed by atoms with E-state index in [0.29, 0.717) is 0 Å². The van der Waals surface area contributed by atoms with Gasteiger partial charge in [0, 0.05) is 11.2 Å². The minimum atomic E-state index is -1.16. The normalized spacial score (nSPS) is 9.50. The molecule has 1 N–H and O–H groups in total. The van der Waals surface area contributed by atoms with E-state index < -0.39 is 26.5 Å². The number of nitrogens with zero attached hydrogens (tertiary/aromatic N) is 3. The molecule has 8 nitrogen and oxygen atoms in total. The lowest BCUT2D eigenvalue weighted by molar-refractivity contribution is -0.542. The van der Waals surface area contributed by atoms with Crippen molar-refractivity contribution in [1.29, 1.82) is 0 Å². The van der Waals surface area contributed by atoms with Crippen molar-refractivity contribution in [2.75, 3.05) is 5.17 Å². The highest BCUT2D eigenvalue weighted by molar-refractivity contribution is 5.59. The van der Waals surface area contributed by atoms with Crippen LogP contribution < -0.4 is 5.17 Å². The molecule has 1 aromatic rings. The molecule has 0 atom stereocenters. The van der Waals surface area contributed by atoms with Crippen molar-refractivity contribution in [2.45, 2.75) is 0 Å². The van der Waals surface area contributed by atoms with E-state index in [1.807, 2.05) is 0 Å². The number of nitro groups is 2. The summed E-state index contributed by atoms with van der Waals surface area (Å²) in [6.07, 6.45) is 0. The first kappa shape index (κ1) is 9.86. The van der Waals surface area contributed by atoms with Crippen molar-refractivity contribution in [3.63, 3.8) is 0 Å². The first-order valence-electron chi connectivity index (χ1n) is 3.40. The maximum Gasteiger partial charge on any atom is 0.301 e. The third-order valence-electron chi connectivity index (χ3n) is 1.45. The third-order valence-corrected chi connectivity index (χ3v) is 1.45. The summed E-state index contributed by atoms with van der Waals surface area (Å²) in [5, 5.41) is 27.8. The number of hydrogen-bond donors (Lipinski definition) is 1. The van der Waals surface area contributed by atoms with Gasteiger partial charge in [0.2, 0.25) is 5.69 Å². The summed E-state index contributed by atoms with van der Waals surface area (Å²) in [6, 6.07) is 4.81. The molecule has 1 rings (SSSR count). The van der Waals surface area contributed by atoms with E-state index in [1.165, 1.54) is 12.1 Å². The fraction of sp³-hybridized carbons (Fsp3) is 0. The SMILES string of the molecule is O=[N+]([O-])c1ccccc1N(O)[N+](=O)[O-]. The Morgan fingerprint density at radius 1 is 1.21 bits per heavy atom. The van der Waals surface area contributed by atoms with Crippen molar-refractivity contribution in [3.8, 4) is 0 Å². The highest BCUT2D eigenvalue weighted by atomic mass is 16.8. The van der Waals surface area contributed by atoms with E-state index in [9.17, 15) is 20.2 Å². The first-order valence-corrected chi connectivity index (χ1v) is 3.40. The van der Waals surface area contributed by atoms with Crippen LogP contribution in [0.5, 0.6) is 0 Å². The molecule has 0 aromatic heterocycles. The second-order valence-corrected chi connectivity index (χ2v) is 2.27. The predicted octanol–water partition coefficient (Wildman–Crippen LogP) is 0.982. The van der Waals surface area contributed by atoms with Gasteiger partial charge in [-0.3, -0.25) is 10.1 Å². The number of para-hydroxylation sites is 2. The maximum absolute atomic E-state index is 10.4. The van der Waals surface area contributed by atoms with E-state index in [2.05, 4.69) is 0 Å².